The number of aliphatic imine (C=N–C) groups is 1. The van der Waals surface area contributed by atoms with Gasteiger partial charge in [-0.15, -0.1) is 0 Å². The van der Waals surface area contributed by atoms with E-state index in [0.717, 1.165) is 0 Å². The van der Waals surface area contributed by atoms with Crippen LogP contribution in [0, 0.1) is 5.82 Å². The van der Waals surface area contributed by atoms with E-state index in [1.165, 1.54) is 12.3 Å². The fraction of sp³-hybridized carbons (Fsp3) is 0.125. The van der Waals surface area contributed by atoms with Gasteiger partial charge in [0.05, 0.1) is 5.02 Å². The third kappa shape index (κ3) is 1.77. The van der Waals surface area contributed by atoms with Gasteiger partial charge in [-0.2, -0.15) is 0 Å². The fourth-order valence-electron chi connectivity index (χ4n) is 0.759. The molecule has 0 aliphatic carbocycles. The van der Waals surface area contributed by atoms with Crippen LogP contribution >= 0.6 is 11.6 Å². The van der Waals surface area contributed by atoms with E-state index in [1.807, 2.05) is 0 Å². The molecule has 0 saturated carbocycles. The number of hydrogen-bond donors (Lipinski definition) is 0. The largest absolute Gasteiger partial charge is 0.296 e. The monoisotopic (exact) mass is 171 g/mol. The van der Waals surface area contributed by atoms with Gasteiger partial charge in [0.25, 0.3) is 0 Å². The molecule has 0 saturated heterocycles. The smallest absolute Gasteiger partial charge is 0.150 e. The van der Waals surface area contributed by atoms with Crippen molar-refractivity contribution in [2.45, 2.75) is 0 Å². The van der Waals surface area contributed by atoms with Gasteiger partial charge in [-0.3, -0.25) is 4.99 Å². The number of halogens is 2. The molecule has 0 N–H and O–H groups in total. The zero-order chi connectivity index (χ0) is 8.27. The predicted octanol–water partition coefficient (Wildman–Crippen LogP) is 2.53. The van der Waals surface area contributed by atoms with Gasteiger partial charge in [-0.05, 0) is 6.07 Å². The summed E-state index contributed by atoms with van der Waals surface area (Å²) in [6.45, 7) is 0. The van der Waals surface area contributed by atoms with Crippen LogP contribution in [0.5, 0.6) is 0 Å². The molecule has 3 heteroatoms. The Labute approximate surface area is 69.5 Å². The van der Waals surface area contributed by atoms with Gasteiger partial charge < -0.3 is 0 Å². The predicted molar refractivity (Wildman–Crippen MR) is 44.9 cm³/mol. The van der Waals surface area contributed by atoms with E-state index >= 15 is 0 Å². The van der Waals surface area contributed by atoms with E-state index in [4.69, 9.17) is 11.6 Å². The molecular weight excluding hydrogens is 165 g/mol. The van der Waals surface area contributed by atoms with E-state index in [2.05, 4.69) is 4.99 Å². The van der Waals surface area contributed by atoms with Crippen LogP contribution in [0.2, 0.25) is 5.02 Å². The summed E-state index contributed by atoms with van der Waals surface area (Å²) in [5.74, 6) is -0.417. The average Bonchev–Trinajstić information content (AvgIpc) is 1.99. The maximum absolute atomic E-state index is 13.0. The van der Waals surface area contributed by atoms with Crippen molar-refractivity contribution in [3.05, 3.63) is 34.6 Å². The fourth-order valence-corrected chi connectivity index (χ4v) is 0.941. The van der Waals surface area contributed by atoms with Crippen molar-refractivity contribution in [2.75, 3.05) is 7.05 Å². The van der Waals surface area contributed by atoms with Crippen molar-refractivity contribution in [3.8, 4) is 0 Å². The van der Waals surface area contributed by atoms with E-state index in [1.54, 1.807) is 19.2 Å². The summed E-state index contributed by atoms with van der Waals surface area (Å²) < 4.78 is 13.0. The van der Waals surface area contributed by atoms with E-state index in [0.29, 0.717) is 5.56 Å². The molecule has 0 atom stereocenters. The second-order valence-corrected chi connectivity index (χ2v) is 2.44. The quantitative estimate of drug-likeness (QED) is 0.576. The lowest BCUT2D eigenvalue weighted by molar-refractivity contribution is 0.626. The molecule has 0 heterocycles. The number of rotatable bonds is 1. The first-order valence-corrected chi connectivity index (χ1v) is 3.49. The first-order chi connectivity index (χ1) is 5.25. The lowest BCUT2D eigenvalue weighted by atomic mass is 10.2. The van der Waals surface area contributed by atoms with Crippen LogP contribution in [-0.2, 0) is 0 Å². The highest BCUT2D eigenvalue weighted by Crippen LogP contribution is 2.15. The SMILES string of the molecule is CN=Cc1cccc(Cl)c1F. The van der Waals surface area contributed by atoms with Gasteiger partial charge in [0.2, 0.25) is 0 Å². The Morgan fingerprint density at radius 1 is 1.55 bits per heavy atom. The number of hydrogen-bond acceptors (Lipinski definition) is 1. The third-order valence-electron chi connectivity index (χ3n) is 1.25. The van der Waals surface area contributed by atoms with E-state index in [9.17, 15) is 4.39 Å². The van der Waals surface area contributed by atoms with Crippen LogP contribution in [0.3, 0.4) is 0 Å². The third-order valence-corrected chi connectivity index (χ3v) is 1.54. The van der Waals surface area contributed by atoms with Gasteiger partial charge in [-0.25, -0.2) is 4.39 Å². The minimum absolute atomic E-state index is 0.127. The molecule has 0 fully saturated rings. The number of benzene rings is 1. The zero-order valence-corrected chi connectivity index (χ0v) is 6.77. The molecule has 11 heavy (non-hydrogen) atoms. The lowest BCUT2D eigenvalue weighted by Gasteiger charge is -1.96. The Kier molecular flexibility index (Phi) is 2.60. The maximum Gasteiger partial charge on any atom is 0.150 e. The first kappa shape index (κ1) is 8.21. The van der Waals surface area contributed by atoms with Crippen LogP contribution in [-0.4, -0.2) is 13.3 Å². The van der Waals surface area contributed by atoms with Crippen LogP contribution < -0.4 is 0 Å². The molecule has 0 spiro atoms. The van der Waals surface area contributed by atoms with Crippen molar-refractivity contribution in [3.63, 3.8) is 0 Å². The summed E-state index contributed by atoms with van der Waals surface area (Å²) in [4.78, 5) is 3.68. The minimum atomic E-state index is -0.417. The van der Waals surface area contributed by atoms with Gasteiger partial charge in [0.15, 0.2) is 5.82 Å². The zero-order valence-electron chi connectivity index (χ0n) is 6.01. The Morgan fingerprint density at radius 2 is 2.27 bits per heavy atom. The number of nitrogens with zero attached hydrogens (tertiary/aromatic N) is 1. The molecule has 0 unspecified atom stereocenters. The van der Waals surface area contributed by atoms with Gasteiger partial charge in [0.1, 0.15) is 0 Å². The molecule has 0 bridgehead atoms. The van der Waals surface area contributed by atoms with E-state index < -0.39 is 5.82 Å². The van der Waals surface area contributed by atoms with Crippen molar-refractivity contribution in [1.82, 2.24) is 0 Å². The molecule has 58 valence electrons. The molecular formula is C8H7ClFN. The summed E-state index contributed by atoms with van der Waals surface area (Å²) in [6.07, 6.45) is 1.43. The van der Waals surface area contributed by atoms with Gasteiger partial charge >= 0.3 is 0 Å². The summed E-state index contributed by atoms with van der Waals surface area (Å²) >= 11 is 5.51. The molecule has 1 rings (SSSR count). The molecule has 0 aliphatic heterocycles. The van der Waals surface area contributed by atoms with Crippen LogP contribution in [0.4, 0.5) is 4.39 Å². The van der Waals surface area contributed by atoms with E-state index in [-0.39, 0.29) is 5.02 Å². The van der Waals surface area contributed by atoms with Crippen LogP contribution in [0.25, 0.3) is 0 Å². The summed E-state index contributed by atoms with van der Waals surface area (Å²) in [7, 11) is 1.58. The highest BCUT2D eigenvalue weighted by atomic mass is 35.5. The summed E-state index contributed by atoms with van der Waals surface area (Å²) in [6, 6.07) is 4.81. The van der Waals surface area contributed by atoms with Crippen molar-refractivity contribution < 1.29 is 4.39 Å². The Bertz CT molecular complexity index is 283. The normalized spacial score (nSPS) is 10.8. The maximum atomic E-state index is 13.0. The molecule has 1 nitrogen and oxygen atoms in total. The standard InChI is InChI=1S/C8H7ClFN/c1-11-5-6-3-2-4-7(9)8(6)10/h2-5H,1H3. The topological polar surface area (TPSA) is 12.4 Å². The van der Waals surface area contributed by atoms with Crippen LogP contribution in [0.15, 0.2) is 23.2 Å². The van der Waals surface area contributed by atoms with Crippen molar-refractivity contribution in [1.29, 1.82) is 0 Å². The Balaban J connectivity index is 3.16. The minimum Gasteiger partial charge on any atom is -0.296 e. The molecule has 1 aromatic carbocycles. The molecule has 1 aromatic rings. The highest BCUT2D eigenvalue weighted by molar-refractivity contribution is 6.31. The van der Waals surface area contributed by atoms with Crippen molar-refractivity contribution >= 4 is 17.8 Å². The Morgan fingerprint density at radius 3 is 2.91 bits per heavy atom. The Hall–Kier alpha value is -0.890. The first-order valence-electron chi connectivity index (χ1n) is 3.12. The van der Waals surface area contributed by atoms with Gasteiger partial charge in [0, 0.05) is 18.8 Å². The highest BCUT2D eigenvalue weighted by Gasteiger charge is 2.01. The molecule has 0 amide bonds. The second-order valence-electron chi connectivity index (χ2n) is 2.03. The average molecular weight is 172 g/mol. The molecule has 0 aromatic heterocycles. The molecule has 0 radical (unpaired) electrons. The summed E-state index contributed by atoms with van der Waals surface area (Å²) in [5, 5.41) is 0.127. The van der Waals surface area contributed by atoms with Gasteiger partial charge in [-0.1, -0.05) is 23.7 Å². The lowest BCUT2D eigenvalue weighted by Crippen LogP contribution is -1.87. The molecule has 0 aliphatic rings. The van der Waals surface area contributed by atoms with Crippen molar-refractivity contribution in [2.24, 2.45) is 4.99 Å². The van der Waals surface area contributed by atoms with Crippen LogP contribution in [0.1, 0.15) is 5.56 Å². The summed E-state index contributed by atoms with van der Waals surface area (Å²) in [5.41, 5.74) is 0.417. The second kappa shape index (κ2) is 3.49.